The van der Waals surface area contributed by atoms with Gasteiger partial charge in [-0.25, -0.2) is 4.98 Å². The van der Waals surface area contributed by atoms with Gasteiger partial charge < -0.3 is 9.15 Å². The predicted octanol–water partition coefficient (Wildman–Crippen LogP) is 5.85. The van der Waals surface area contributed by atoms with Crippen molar-refractivity contribution in [2.75, 3.05) is 5.43 Å². The number of hydrazine groups is 1. The normalized spacial score (nSPS) is 16.2. The van der Waals surface area contributed by atoms with Gasteiger partial charge in [0.1, 0.15) is 11.6 Å². The van der Waals surface area contributed by atoms with Crippen LogP contribution in [0.3, 0.4) is 0 Å². The molecule has 6 nitrogen and oxygen atoms in total. The SMILES string of the molecule is Cc1cc2c(cc1Cc1ccc(C(=O)NNc3ccc(C(F)(F)F)cn3)o1)C(C)(C)OC2(C)C. The highest BCUT2D eigenvalue weighted by molar-refractivity contribution is 5.92. The number of carbonyl (C=O) groups excluding carboxylic acids is 1. The van der Waals surface area contributed by atoms with Crippen LogP contribution in [0.4, 0.5) is 19.0 Å². The zero-order chi connectivity index (χ0) is 24.9. The number of aryl methyl sites for hydroxylation is 1. The Hall–Kier alpha value is -3.33. The lowest BCUT2D eigenvalue weighted by Crippen LogP contribution is -2.29. The molecule has 0 unspecified atom stereocenters. The average molecular weight is 473 g/mol. The van der Waals surface area contributed by atoms with E-state index in [1.807, 2.05) is 20.8 Å². The zero-order valence-corrected chi connectivity index (χ0v) is 19.6. The number of hydrogen-bond acceptors (Lipinski definition) is 5. The molecular weight excluding hydrogens is 447 g/mol. The first-order chi connectivity index (χ1) is 15.8. The highest BCUT2D eigenvalue weighted by atomic mass is 19.4. The molecule has 2 aromatic heterocycles. The van der Waals surface area contributed by atoms with E-state index in [1.54, 1.807) is 12.1 Å². The standard InChI is InChI=1S/C25H26F3N3O3/c1-14-10-18-19(24(4,5)34-23(18,2)3)12-15(14)11-17-7-8-20(33-17)22(32)31-30-21-9-6-16(13-29-21)25(26,27)28/h6-10,12-13H,11H2,1-5H3,(H,29,30)(H,31,32). The Balaban J connectivity index is 1.44. The van der Waals surface area contributed by atoms with E-state index in [-0.39, 0.29) is 17.2 Å². The Kier molecular flexibility index (Phi) is 5.72. The summed E-state index contributed by atoms with van der Waals surface area (Å²) in [4.78, 5) is 16.0. The van der Waals surface area contributed by atoms with Crippen LogP contribution in [0, 0.1) is 6.92 Å². The van der Waals surface area contributed by atoms with Gasteiger partial charge in [0, 0.05) is 12.6 Å². The van der Waals surface area contributed by atoms with E-state index >= 15 is 0 Å². The third-order valence-corrected chi connectivity index (χ3v) is 5.93. The summed E-state index contributed by atoms with van der Waals surface area (Å²) in [6.07, 6.45) is -3.29. The first kappa shape index (κ1) is 23.8. The van der Waals surface area contributed by atoms with Crippen molar-refractivity contribution >= 4 is 11.7 Å². The molecule has 9 heteroatoms. The van der Waals surface area contributed by atoms with Crippen LogP contribution in [0.5, 0.6) is 0 Å². The maximum Gasteiger partial charge on any atom is 0.417 e. The van der Waals surface area contributed by atoms with Crippen molar-refractivity contribution in [3.8, 4) is 0 Å². The second-order valence-corrected chi connectivity index (χ2v) is 9.40. The van der Waals surface area contributed by atoms with E-state index in [0.29, 0.717) is 18.4 Å². The van der Waals surface area contributed by atoms with Gasteiger partial charge in [-0.15, -0.1) is 0 Å². The fourth-order valence-electron chi connectivity index (χ4n) is 4.29. The Morgan fingerprint density at radius 1 is 1.03 bits per heavy atom. The Bertz CT molecular complexity index is 1230. The second-order valence-electron chi connectivity index (χ2n) is 9.40. The summed E-state index contributed by atoms with van der Waals surface area (Å²) in [6.45, 7) is 10.3. The highest BCUT2D eigenvalue weighted by Crippen LogP contribution is 2.47. The zero-order valence-electron chi connectivity index (χ0n) is 19.6. The summed E-state index contributed by atoms with van der Waals surface area (Å²) in [5.74, 6) is 0.166. The quantitative estimate of drug-likeness (QED) is 0.455. The van der Waals surface area contributed by atoms with Gasteiger partial charge in [-0.2, -0.15) is 13.2 Å². The molecule has 0 aliphatic carbocycles. The van der Waals surface area contributed by atoms with Crippen LogP contribution in [-0.2, 0) is 28.5 Å². The molecule has 0 spiro atoms. The van der Waals surface area contributed by atoms with Gasteiger partial charge in [-0.1, -0.05) is 12.1 Å². The van der Waals surface area contributed by atoms with E-state index in [0.717, 1.165) is 28.8 Å². The molecule has 180 valence electrons. The minimum Gasteiger partial charge on any atom is -0.456 e. The van der Waals surface area contributed by atoms with E-state index in [2.05, 4.69) is 41.8 Å². The average Bonchev–Trinajstić information content (AvgIpc) is 3.26. The van der Waals surface area contributed by atoms with E-state index in [1.165, 1.54) is 5.56 Å². The molecule has 1 amide bonds. The van der Waals surface area contributed by atoms with Gasteiger partial charge in [0.25, 0.3) is 0 Å². The number of alkyl halides is 3. The van der Waals surface area contributed by atoms with Gasteiger partial charge in [0.05, 0.1) is 16.8 Å². The number of pyridine rings is 1. The maximum absolute atomic E-state index is 12.6. The summed E-state index contributed by atoms with van der Waals surface area (Å²) in [7, 11) is 0. The third-order valence-electron chi connectivity index (χ3n) is 5.93. The number of aromatic nitrogens is 1. The summed E-state index contributed by atoms with van der Waals surface area (Å²) >= 11 is 0. The van der Waals surface area contributed by atoms with Gasteiger partial charge in [-0.3, -0.25) is 15.6 Å². The molecular formula is C25H26F3N3O3. The first-order valence-corrected chi connectivity index (χ1v) is 10.8. The molecule has 1 aliphatic rings. The van der Waals surface area contributed by atoms with Gasteiger partial charge >= 0.3 is 12.1 Å². The van der Waals surface area contributed by atoms with Crippen LogP contribution < -0.4 is 10.9 Å². The van der Waals surface area contributed by atoms with Crippen LogP contribution in [0.2, 0.25) is 0 Å². The smallest absolute Gasteiger partial charge is 0.417 e. The van der Waals surface area contributed by atoms with E-state index in [4.69, 9.17) is 9.15 Å². The monoisotopic (exact) mass is 473 g/mol. The fraction of sp³-hybridized carbons (Fsp3) is 0.360. The Morgan fingerprint density at radius 2 is 1.71 bits per heavy atom. The number of ether oxygens (including phenoxy) is 1. The number of nitrogens with zero attached hydrogens (tertiary/aromatic N) is 1. The van der Waals surface area contributed by atoms with Crippen molar-refractivity contribution in [2.24, 2.45) is 0 Å². The number of furan rings is 1. The van der Waals surface area contributed by atoms with Crippen molar-refractivity contribution in [1.29, 1.82) is 0 Å². The maximum atomic E-state index is 12.6. The largest absolute Gasteiger partial charge is 0.456 e. The molecule has 2 N–H and O–H groups in total. The summed E-state index contributed by atoms with van der Waals surface area (Å²) in [5.41, 5.74) is 7.68. The van der Waals surface area contributed by atoms with Crippen molar-refractivity contribution in [3.63, 3.8) is 0 Å². The number of hydrogen-bond donors (Lipinski definition) is 2. The predicted molar refractivity (Wildman–Crippen MR) is 120 cm³/mol. The van der Waals surface area contributed by atoms with Crippen LogP contribution in [0.25, 0.3) is 0 Å². The van der Waals surface area contributed by atoms with Crippen LogP contribution in [0.15, 0.2) is 47.0 Å². The van der Waals surface area contributed by atoms with Crippen molar-refractivity contribution in [2.45, 2.75) is 58.4 Å². The van der Waals surface area contributed by atoms with Crippen LogP contribution in [0.1, 0.15) is 71.8 Å². The highest BCUT2D eigenvalue weighted by Gasteiger charge is 2.43. The number of carbonyl (C=O) groups is 1. The number of rotatable bonds is 5. The second kappa shape index (κ2) is 8.16. The van der Waals surface area contributed by atoms with Crippen molar-refractivity contribution < 1.29 is 27.1 Å². The molecule has 34 heavy (non-hydrogen) atoms. The molecule has 0 bridgehead atoms. The number of nitrogens with one attached hydrogen (secondary N) is 2. The summed E-state index contributed by atoms with van der Waals surface area (Å²) in [6, 6.07) is 9.56. The minimum atomic E-state index is -4.48. The Labute approximate surface area is 195 Å². The number of anilines is 1. The van der Waals surface area contributed by atoms with Crippen LogP contribution >= 0.6 is 0 Å². The molecule has 0 atom stereocenters. The molecule has 4 rings (SSSR count). The molecule has 0 fully saturated rings. The third kappa shape index (κ3) is 4.65. The van der Waals surface area contributed by atoms with Crippen molar-refractivity contribution in [3.05, 3.63) is 81.9 Å². The molecule has 0 saturated carbocycles. The molecule has 3 aromatic rings. The lowest BCUT2D eigenvalue weighted by molar-refractivity contribution is -0.137. The number of halogens is 3. The van der Waals surface area contributed by atoms with E-state index in [9.17, 15) is 18.0 Å². The molecule has 3 heterocycles. The number of benzene rings is 1. The molecule has 1 aromatic carbocycles. The summed E-state index contributed by atoms with van der Waals surface area (Å²) in [5, 5.41) is 0. The van der Waals surface area contributed by atoms with Crippen molar-refractivity contribution in [1.82, 2.24) is 10.4 Å². The number of amides is 1. The molecule has 1 aliphatic heterocycles. The molecule has 0 saturated heterocycles. The molecule has 0 radical (unpaired) electrons. The topological polar surface area (TPSA) is 76.4 Å². The summed E-state index contributed by atoms with van der Waals surface area (Å²) < 4.78 is 49.8. The van der Waals surface area contributed by atoms with Crippen LogP contribution in [-0.4, -0.2) is 10.9 Å². The Morgan fingerprint density at radius 3 is 2.32 bits per heavy atom. The van der Waals surface area contributed by atoms with Gasteiger partial charge in [-0.05, 0) is 81.1 Å². The first-order valence-electron chi connectivity index (χ1n) is 10.8. The van der Waals surface area contributed by atoms with E-state index < -0.39 is 23.2 Å². The van der Waals surface area contributed by atoms with Gasteiger partial charge in [0.15, 0.2) is 5.76 Å². The van der Waals surface area contributed by atoms with Gasteiger partial charge in [0.2, 0.25) is 0 Å². The number of fused-ring (bicyclic) bond motifs is 1. The minimum absolute atomic E-state index is 0.0645. The lowest BCUT2D eigenvalue weighted by Gasteiger charge is -2.24. The lowest BCUT2D eigenvalue weighted by atomic mass is 9.86. The fourth-order valence-corrected chi connectivity index (χ4v) is 4.29.